The van der Waals surface area contributed by atoms with E-state index in [1.165, 1.54) is 12.8 Å². The molecule has 2 N–H and O–H groups in total. The van der Waals surface area contributed by atoms with Crippen molar-refractivity contribution in [3.8, 4) is 0 Å². The Hall–Kier alpha value is -0.610. The summed E-state index contributed by atoms with van der Waals surface area (Å²) in [7, 11) is 0. The molecule has 4 nitrogen and oxygen atoms in total. The van der Waals surface area contributed by atoms with Crippen LogP contribution in [0.4, 0.5) is 0 Å². The maximum Gasteiger partial charge on any atom is 0.313 e. The number of ether oxygens (including phenoxy) is 2. The van der Waals surface area contributed by atoms with Gasteiger partial charge in [0.15, 0.2) is 0 Å². The molecule has 0 aromatic carbocycles. The molecule has 0 unspecified atom stereocenters. The summed E-state index contributed by atoms with van der Waals surface area (Å²) in [6, 6.07) is 0. The molecule has 4 heteroatoms. The van der Waals surface area contributed by atoms with E-state index in [0.29, 0.717) is 45.1 Å². The highest BCUT2D eigenvalue weighted by Crippen LogP contribution is 2.33. The molecule has 2 aliphatic rings. The summed E-state index contributed by atoms with van der Waals surface area (Å²) in [6.07, 6.45) is 3.80. The Morgan fingerprint density at radius 1 is 1.40 bits per heavy atom. The number of rotatable bonds is 4. The van der Waals surface area contributed by atoms with Crippen molar-refractivity contribution in [1.29, 1.82) is 0 Å². The van der Waals surface area contributed by atoms with Gasteiger partial charge in [0.1, 0.15) is 0 Å². The van der Waals surface area contributed by atoms with E-state index in [1.54, 1.807) is 0 Å². The number of carbonyl (C=O) groups excluding carboxylic acids is 1. The maximum absolute atomic E-state index is 11.9. The lowest BCUT2D eigenvalue weighted by Gasteiger charge is -2.33. The fraction of sp³-hybridized carbons (Fsp3) is 0.909. The van der Waals surface area contributed by atoms with Crippen LogP contribution < -0.4 is 5.73 Å². The van der Waals surface area contributed by atoms with Crippen molar-refractivity contribution < 1.29 is 14.3 Å². The zero-order valence-electron chi connectivity index (χ0n) is 9.04. The standard InChI is InChI=1S/C11H19NO3/c12-8-11(3-5-14-6-4-11)10(13)15-7-9-1-2-9/h9H,1-8,12H2. The van der Waals surface area contributed by atoms with E-state index in [4.69, 9.17) is 15.2 Å². The second kappa shape index (κ2) is 4.49. The molecule has 2 rings (SSSR count). The molecule has 86 valence electrons. The molecule has 2 fully saturated rings. The maximum atomic E-state index is 11.9. The number of esters is 1. The van der Waals surface area contributed by atoms with Gasteiger partial charge in [0, 0.05) is 19.8 Å². The van der Waals surface area contributed by atoms with Gasteiger partial charge in [0.05, 0.1) is 12.0 Å². The molecule has 0 radical (unpaired) electrons. The van der Waals surface area contributed by atoms with Crippen LogP contribution in [0.3, 0.4) is 0 Å². The fourth-order valence-electron chi connectivity index (χ4n) is 1.88. The molecule has 1 heterocycles. The SMILES string of the molecule is NCC1(C(=O)OCC2CC2)CCOCC1. The highest BCUT2D eigenvalue weighted by Gasteiger charge is 2.40. The fourth-order valence-corrected chi connectivity index (χ4v) is 1.88. The predicted molar refractivity (Wildman–Crippen MR) is 55.2 cm³/mol. The lowest BCUT2D eigenvalue weighted by Crippen LogP contribution is -2.44. The average Bonchev–Trinajstić information content (AvgIpc) is 3.10. The molecule has 0 aromatic rings. The minimum absolute atomic E-state index is 0.111. The number of nitrogens with two attached hydrogens (primary N) is 1. The molecule has 1 saturated heterocycles. The third-order valence-electron chi connectivity index (χ3n) is 3.42. The summed E-state index contributed by atoms with van der Waals surface area (Å²) >= 11 is 0. The first-order chi connectivity index (χ1) is 7.27. The van der Waals surface area contributed by atoms with Crippen LogP contribution in [0, 0.1) is 11.3 Å². The smallest absolute Gasteiger partial charge is 0.313 e. The van der Waals surface area contributed by atoms with Crippen LogP contribution in [-0.2, 0) is 14.3 Å². The van der Waals surface area contributed by atoms with Crippen molar-refractivity contribution in [3.63, 3.8) is 0 Å². The van der Waals surface area contributed by atoms with Crippen molar-refractivity contribution in [2.45, 2.75) is 25.7 Å². The second-order valence-electron chi connectivity index (χ2n) is 4.64. The van der Waals surface area contributed by atoms with Crippen molar-refractivity contribution in [1.82, 2.24) is 0 Å². The van der Waals surface area contributed by atoms with Gasteiger partial charge in [-0.1, -0.05) is 0 Å². The van der Waals surface area contributed by atoms with E-state index in [2.05, 4.69) is 0 Å². The lowest BCUT2D eigenvalue weighted by molar-refractivity contribution is -0.161. The Bertz CT molecular complexity index is 232. The summed E-state index contributed by atoms with van der Waals surface area (Å²) in [5.74, 6) is 0.504. The molecule has 0 amide bonds. The molecule has 15 heavy (non-hydrogen) atoms. The minimum atomic E-state index is -0.465. The van der Waals surface area contributed by atoms with E-state index in [9.17, 15) is 4.79 Å². The van der Waals surface area contributed by atoms with Crippen LogP contribution in [0.1, 0.15) is 25.7 Å². The van der Waals surface area contributed by atoms with Gasteiger partial charge >= 0.3 is 5.97 Å². The van der Waals surface area contributed by atoms with Gasteiger partial charge in [-0.25, -0.2) is 0 Å². The van der Waals surface area contributed by atoms with Crippen LogP contribution in [0.25, 0.3) is 0 Å². The Morgan fingerprint density at radius 3 is 2.60 bits per heavy atom. The highest BCUT2D eigenvalue weighted by molar-refractivity contribution is 5.77. The predicted octanol–water partition coefficient (Wildman–Crippen LogP) is 0.695. The summed E-state index contributed by atoms with van der Waals surface area (Å²) in [6.45, 7) is 2.20. The quantitative estimate of drug-likeness (QED) is 0.698. The van der Waals surface area contributed by atoms with Crippen LogP contribution in [0.2, 0.25) is 0 Å². The van der Waals surface area contributed by atoms with E-state index in [-0.39, 0.29) is 5.97 Å². The molecule has 1 saturated carbocycles. The summed E-state index contributed by atoms with van der Waals surface area (Å²) in [5, 5.41) is 0. The van der Waals surface area contributed by atoms with Gasteiger partial charge in [0.2, 0.25) is 0 Å². The number of carbonyl (C=O) groups is 1. The highest BCUT2D eigenvalue weighted by atomic mass is 16.5. The van der Waals surface area contributed by atoms with Crippen LogP contribution in [0.15, 0.2) is 0 Å². The van der Waals surface area contributed by atoms with Crippen LogP contribution >= 0.6 is 0 Å². The Labute approximate surface area is 90.1 Å². The molecule has 1 aliphatic carbocycles. The molecule has 0 aromatic heterocycles. The molecular weight excluding hydrogens is 194 g/mol. The van der Waals surface area contributed by atoms with E-state index in [0.717, 1.165) is 0 Å². The topological polar surface area (TPSA) is 61.6 Å². The first-order valence-electron chi connectivity index (χ1n) is 5.72. The van der Waals surface area contributed by atoms with E-state index < -0.39 is 5.41 Å². The van der Waals surface area contributed by atoms with Gasteiger partial charge in [-0.05, 0) is 31.6 Å². The third kappa shape index (κ3) is 2.49. The van der Waals surface area contributed by atoms with E-state index >= 15 is 0 Å². The number of hydrogen-bond donors (Lipinski definition) is 1. The largest absolute Gasteiger partial charge is 0.465 e. The van der Waals surface area contributed by atoms with Gasteiger partial charge in [0.25, 0.3) is 0 Å². The molecule has 0 spiro atoms. The lowest BCUT2D eigenvalue weighted by atomic mass is 9.80. The normalized spacial score (nSPS) is 24.9. The van der Waals surface area contributed by atoms with Crippen LogP contribution in [0.5, 0.6) is 0 Å². The zero-order chi connectivity index (χ0) is 10.7. The molecule has 0 bridgehead atoms. The third-order valence-corrected chi connectivity index (χ3v) is 3.42. The number of hydrogen-bond acceptors (Lipinski definition) is 4. The molecule has 1 aliphatic heterocycles. The van der Waals surface area contributed by atoms with E-state index in [1.807, 2.05) is 0 Å². The second-order valence-corrected chi connectivity index (χ2v) is 4.64. The Kier molecular flexibility index (Phi) is 3.26. The van der Waals surface area contributed by atoms with Gasteiger partial charge in [-0.2, -0.15) is 0 Å². The first kappa shape index (κ1) is 10.9. The minimum Gasteiger partial charge on any atom is -0.465 e. The van der Waals surface area contributed by atoms with Crippen molar-refractivity contribution >= 4 is 5.97 Å². The first-order valence-corrected chi connectivity index (χ1v) is 5.72. The van der Waals surface area contributed by atoms with Gasteiger partial charge in [-0.15, -0.1) is 0 Å². The Morgan fingerprint density at radius 2 is 2.07 bits per heavy atom. The van der Waals surface area contributed by atoms with Crippen molar-refractivity contribution in [2.24, 2.45) is 17.1 Å². The van der Waals surface area contributed by atoms with Crippen molar-refractivity contribution in [2.75, 3.05) is 26.4 Å². The van der Waals surface area contributed by atoms with Gasteiger partial charge in [-0.3, -0.25) is 4.79 Å². The summed E-state index contributed by atoms with van der Waals surface area (Å²) < 4.78 is 10.6. The van der Waals surface area contributed by atoms with Crippen molar-refractivity contribution in [3.05, 3.63) is 0 Å². The molecular formula is C11H19NO3. The summed E-state index contributed by atoms with van der Waals surface area (Å²) in [5.41, 5.74) is 5.24. The average molecular weight is 213 g/mol. The molecule has 0 atom stereocenters. The monoisotopic (exact) mass is 213 g/mol. The van der Waals surface area contributed by atoms with Gasteiger partial charge < -0.3 is 15.2 Å². The zero-order valence-corrected chi connectivity index (χ0v) is 9.04. The Balaban J connectivity index is 1.87. The summed E-state index contributed by atoms with van der Waals surface area (Å²) in [4.78, 5) is 11.9. The van der Waals surface area contributed by atoms with Crippen LogP contribution in [-0.4, -0.2) is 32.3 Å².